The highest BCUT2D eigenvalue weighted by atomic mass is 35.5. The third-order valence-corrected chi connectivity index (χ3v) is 3.77. The van der Waals surface area contributed by atoms with E-state index < -0.39 is 6.10 Å². The first-order valence-electron chi connectivity index (χ1n) is 6.02. The third kappa shape index (κ3) is 3.16. The number of aliphatic hydroxyl groups is 1. The van der Waals surface area contributed by atoms with Crippen LogP contribution in [0.25, 0.3) is 0 Å². The van der Waals surface area contributed by atoms with Gasteiger partial charge in [0.2, 0.25) is 0 Å². The second-order valence-corrected chi connectivity index (χ2v) is 5.40. The fourth-order valence-corrected chi connectivity index (χ4v) is 2.69. The van der Waals surface area contributed by atoms with Crippen LogP contribution in [0.4, 0.5) is 0 Å². The standard InChI is InChI=1S/C13H15Cl2NO2/c14-8-5-6-9(10(15)7-8)13(18)16-11-3-1-2-4-12(11)17/h5-7,11-12,17H,1-4H2,(H,16,18)/t11-,12-/m0/s1. The zero-order valence-electron chi connectivity index (χ0n) is 9.83. The molecule has 2 N–H and O–H groups in total. The number of hydrogen-bond acceptors (Lipinski definition) is 2. The van der Waals surface area contributed by atoms with E-state index in [9.17, 15) is 9.90 Å². The van der Waals surface area contributed by atoms with Crippen LogP contribution in [0.1, 0.15) is 36.0 Å². The van der Waals surface area contributed by atoms with Crippen molar-refractivity contribution in [2.45, 2.75) is 37.8 Å². The van der Waals surface area contributed by atoms with Crippen LogP contribution in [0.3, 0.4) is 0 Å². The van der Waals surface area contributed by atoms with Crippen LogP contribution in [-0.2, 0) is 0 Å². The summed E-state index contributed by atoms with van der Waals surface area (Å²) in [6.07, 6.45) is 3.11. The van der Waals surface area contributed by atoms with Crippen molar-refractivity contribution in [3.05, 3.63) is 33.8 Å². The summed E-state index contributed by atoms with van der Waals surface area (Å²) in [7, 11) is 0. The summed E-state index contributed by atoms with van der Waals surface area (Å²) in [5, 5.41) is 13.5. The molecule has 0 aliphatic heterocycles. The molecular weight excluding hydrogens is 273 g/mol. The van der Waals surface area contributed by atoms with Gasteiger partial charge in [-0.05, 0) is 31.0 Å². The minimum Gasteiger partial charge on any atom is -0.391 e. The van der Waals surface area contributed by atoms with Gasteiger partial charge in [0.15, 0.2) is 0 Å². The normalized spacial score (nSPS) is 23.7. The van der Waals surface area contributed by atoms with E-state index in [-0.39, 0.29) is 11.9 Å². The smallest absolute Gasteiger partial charge is 0.253 e. The van der Waals surface area contributed by atoms with Crippen LogP contribution in [0, 0.1) is 0 Å². The van der Waals surface area contributed by atoms with Crippen LogP contribution in [-0.4, -0.2) is 23.2 Å². The van der Waals surface area contributed by atoms with Crippen molar-refractivity contribution in [2.75, 3.05) is 0 Å². The molecule has 1 saturated carbocycles. The Morgan fingerprint density at radius 3 is 2.67 bits per heavy atom. The second-order valence-electron chi connectivity index (χ2n) is 4.56. The lowest BCUT2D eigenvalue weighted by Gasteiger charge is -2.28. The van der Waals surface area contributed by atoms with Crippen LogP contribution >= 0.6 is 23.2 Å². The summed E-state index contributed by atoms with van der Waals surface area (Å²) in [6.45, 7) is 0. The van der Waals surface area contributed by atoms with E-state index in [0.29, 0.717) is 15.6 Å². The summed E-state index contributed by atoms with van der Waals surface area (Å²) < 4.78 is 0. The largest absolute Gasteiger partial charge is 0.391 e. The number of carbonyl (C=O) groups excluding carboxylic acids is 1. The SMILES string of the molecule is O=C(N[C@H]1CCCC[C@@H]1O)c1ccc(Cl)cc1Cl. The molecule has 2 atom stereocenters. The minimum absolute atomic E-state index is 0.182. The molecule has 0 aromatic heterocycles. The van der Waals surface area contributed by atoms with Crippen molar-refractivity contribution in [3.8, 4) is 0 Å². The molecule has 18 heavy (non-hydrogen) atoms. The first kappa shape index (κ1) is 13.7. The number of nitrogens with one attached hydrogen (secondary N) is 1. The van der Waals surface area contributed by atoms with Crippen molar-refractivity contribution >= 4 is 29.1 Å². The Bertz CT molecular complexity index is 451. The molecule has 2 rings (SSSR count). The molecule has 0 unspecified atom stereocenters. The van der Waals surface area contributed by atoms with Crippen molar-refractivity contribution in [2.24, 2.45) is 0 Å². The first-order chi connectivity index (χ1) is 8.58. The van der Waals surface area contributed by atoms with Gasteiger partial charge in [0.05, 0.1) is 22.7 Å². The van der Waals surface area contributed by atoms with Crippen LogP contribution in [0.15, 0.2) is 18.2 Å². The maximum atomic E-state index is 12.0. The van der Waals surface area contributed by atoms with Crippen LogP contribution in [0.2, 0.25) is 10.0 Å². The molecule has 98 valence electrons. The van der Waals surface area contributed by atoms with E-state index in [1.165, 1.54) is 6.07 Å². The van der Waals surface area contributed by atoms with E-state index in [0.717, 1.165) is 25.7 Å². The van der Waals surface area contributed by atoms with Gasteiger partial charge in [0, 0.05) is 5.02 Å². The molecule has 0 bridgehead atoms. The number of rotatable bonds is 2. The highest BCUT2D eigenvalue weighted by Gasteiger charge is 2.25. The predicted octanol–water partition coefficient (Wildman–Crippen LogP) is 3.03. The third-order valence-electron chi connectivity index (χ3n) is 3.22. The molecule has 3 nitrogen and oxygen atoms in total. The molecule has 1 fully saturated rings. The van der Waals surface area contributed by atoms with E-state index in [4.69, 9.17) is 23.2 Å². The predicted molar refractivity (Wildman–Crippen MR) is 72.2 cm³/mol. The number of hydrogen-bond donors (Lipinski definition) is 2. The summed E-state index contributed by atoms with van der Waals surface area (Å²) in [5.74, 6) is -0.261. The topological polar surface area (TPSA) is 49.3 Å². The van der Waals surface area contributed by atoms with Crippen LogP contribution < -0.4 is 5.32 Å². The molecular formula is C13H15Cl2NO2. The van der Waals surface area contributed by atoms with Crippen molar-refractivity contribution < 1.29 is 9.90 Å². The van der Waals surface area contributed by atoms with Gasteiger partial charge < -0.3 is 10.4 Å². The summed E-state index contributed by atoms with van der Waals surface area (Å²) >= 11 is 11.8. The molecule has 1 aromatic carbocycles. The molecule has 1 aliphatic carbocycles. The Morgan fingerprint density at radius 1 is 1.28 bits per heavy atom. The number of halogens is 2. The highest BCUT2D eigenvalue weighted by molar-refractivity contribution is 6.36. The molecule has 1 aromatic rings. The molecule has 0 spiro atoms. The van der Waals surface area contributed by atoms with Gasteiger partial charge in [0.25, 0.3) is 5.91 Å². The Morgan fingerprint density at radius 2 is 2.00 bits per heavy atom. The Balaban J connectivity index is 2.07. The average molecular weight is 288 g/mol. The molecule has 1 aliphatic rings. The maximum absolute atomic E-state index is 12.0. The highest BCUT2D eigenvalue weighted by Crippen LogP contribution is 2.23. The van der Waals surface area contributed by atoms with E-state index in [1.807, 2.05) is 0 Å². The van der Waals surface area contributed by atoms with Crippen LogP contribution in [0.5, 0.6) is 0 Å². The fraction of sp³-hybridized carbons (Fsp3) is 0.462. The quantitative estimate of drug-likeness (QED) is 0.878. The molecule has 1 amide bonds. The van der Waals surface area contributed by atoms with E-state index in [1.54, 1.807) is 12.1 Å². The fourth-order valence-electron chi connectivity index (χ4n) is 2.20. The zero-order chi connectivity index (χ0) is 13.1. The molecule has 0 heterocycles. The Hall–Kier alpha value is -0.770. The monoisotopic (exact) mass is 287 g/mol. The van der Waals surface area contributed by atoms with E-state index in [2.05, 4.69) is 5.32 Å². The van der Waals surface area contributed by atoms with Gasteiger partial charge in [-0.2, -0.15) is 0 Å². The van der Waals surface area contributed by atoms with Gasteiger partial charge in [-0.3, -0.25) is 4.79 Å². The van der Waals surface area contributed by atoms with Gasteiger partial charge in [-0.15, -0.1) is 0 Å². The Kier molecular flexibility index (Phi) is 4.49. The molecule has 0 radical (unpaired) electrons. The summed E-state index contributed by atoms with van der Waals surface area (Å²) in [6, 6.07) is 4.57. The Labute approximate surface area is 116 Å². The van der Waals surface area contributed by atoms with E-state index >= 15 is 0 Å². The number of aliphatic hydroxyl groups excluding tert-OH is 1. The van der Waals surface area contributed by atoms with Gasteiger partial charge in [0.1, 0.15) is 0 Å². The maximum Gasteiger partial charge on any atom is 0.253 e. The minimum atomic E-state index is -0.464. The number of carbonyl (C=O) groups is 1. The lowest BCUT2D eigenvalue weighted by molar-refractivity contribution is 0.0717. The first-order valence-corrected chi connectivity index (χ1v) is 6.77. The molecule has 0 saturated heterocycles. The summed E-state index contributed by atoms with van der Waals surface area (Å²) in [5.41, 5.74) is 0.388. The lowest BCUT2D eigenvalue weighted by Crippen LogP contribution is -2.45. The summed E-state index contributed by atoms with van der Waals surface area (Å²) in [4.78, 5) is 12.0. The zero-order valence-corrected chi connectivity index (χ0v) is 11.3. The van der Waals surface area contributed by atoms with Gasteiger partial charge in [-0.25, -0.2) is 0 Å². The van der Waals surface area contributed by atoms with Crippen molar-refractivity contribution in [3.63, 3.8) is 0 Å². The van der Waals surface area contributed by atoms with Crippen molar-refractivity contribution in [1.82, 2.24) is 5.32 Å². The van der Waals surface area contributed by atoms with Crippen molar-refractivity contribution in [1.29, 1.82) is 0 Å². The number of amides is 1. The number of benzene rings is 1. The molecule has 5 heteroatoms. The van der Waals surface area contributed by atoms with Gasteiger partial charge in [-0.1, -0.05) is 36.0 Å². The van der Waals surface area contributed by atoms with Gasteiger partial charge >= 0.3 is 0 Å². The average Bonchev–Trinajstić information content (AvgIpc) is 2.32. The lowest BCUT2D eigenvalue weighted by atomic mass is 9.92. The second kappa shape index (κ2) is 5.91.